The van der Waals surface area contributed by atoms with Gasteiger partial charge in [-0.05, 0) is 41.0 Å². The van der Waals surface area contributed by atoms with Crippen LogP contribution in [-0.4, -0.2) is 28.1 Å². The number of aliphatic carboxylic acids is 1. The molecule has 1 atom stereocenters. The van der Waals surface area contributed by atoms with Crippen LogP contribution in [0.25, 0.3) is 0 Å². The fourth-order valence-corrected chi connectivity index (χ4v) is 5.35. The van der Waals surface area contributed by atoms with Crippen LogP contribution in [0.1, 0.15) is 85.5 Å². The van der Waals surface area contributed by atoms with Gasteiger partial charge in [-0.3, -0.25) is 9.79 Å². The van der Waals surface area contributed by atoms with Gasteiger partial charge < -0.3 is 5.11 Å². The topological polar surface area (TPSA) is 66.7 Å². The molecule has 3 aromatic rings. The molecule has 0 bridgehead atoms. The van der Waals surface area contributed by atoms with Gasteiger partial charge in [-0.25, -0.2) is 4.79 Å². The second kappa shape index (κ2) is 12.1. The number of carboxylic acids is 1. The molecule has 0 fully saturated rings. The molecular formula is C37H39NO3. The minimum Gasteiger partial charge on any atom is -0.477 e. The Morgan fingerprint density at radius 3 is 1.78 bits per heavy atom. The summed E-state index contributed by atoms with van der Waals surface area (Å²) in [5, 5.41) is 9.88. The van der Waals surface area contributed by atoms with Crippen LogP contribution in [0.4, 0.5) is 0 Å². The Kier molecular flexibility index (Phi) is 8.72. The summed E-state index contributed by atoms with van der Waals surface area (Å²) in [5.41, 5.74) is 3.44. The van der Waals surface area contributed by atoms with Gasteiger partial charge in [0.25, 0.3) is 0 Å². The first kappa shape index (κ1) is 29.7. The minimum atomic E-state index is -1.19. The Bertz CT molecular complexity index is 1460. The van der Waals surface area contributed by atoms with Crippen LogP contribution >= 0.6 is 0 Å². The Morgan fingerprint density at radius 1 is 0.829 bits per heavy atom. The number of Topliss-reactive ketones (excluding diaryl/α,β-unsaturated/α-hetero) is 1. The van der Waals surface area contributed by atoms with Crippen LogP contribution in [0.5, 0.6) is 0 Å². The highest BCUT2D eigenvalue weighted by atomic mass is 16.4. The zero-order chi connectivity index (χ0) is 29.8. The summed E-state index contributed by atoms with van der Waals surface area (Å²) in [4.78, 5) is 31.0. The average molecular weight is 546 g/mol. The number of hydrogen-bond donors (Lipinski definition) is 1. The molecule has 4 nitrogen and oxygen atoms in total. The number of hydrogen-bond acceptors (Lipinski definition) is 3. The van der Waals surface area contributed by atoms with Gasteiger partial charge in [-0.15, -0.1) is 6.58 Å². The van der Waals surface area contributed by atoms with Gasteiger partial charge in [0.2, 0.25) is 0 Å². The zero-order valence-corrected chi connectivity index (χ0v) is 24.6. The van der Waals surface area contributed by atoms with Crippen molar-refractivity contribution in [3.63, 3.8) is 0 Å². The van der Waals surface area contributed by atoms with Crippen molar-refractivity contribution in [1.29, 1.82) is 0 Å². The molecule has 4 rings (SSSR count). The number of allylic oxidation sites excluding steroid dienone is 3. The summed E-state index contributed by atoms with van der Waals surface area (Å²) >= 11 is 0. The molecule has 0 spiro atoms. The Labute approximate surface area is 243 Å². The highest BCUT2D eigenvalue weighted by Gasteiger charge is 2.42. The molecule has 0 saturated heterocycles. The van der Waals surface area contributed by atoms with Gasteiger partial charge in [-0.2, -0.15) is 0 Å². The number of rotatable bonds is 10. The third kappa shape index (κ3) is 6.07. The van der Waals surface area contributed by atoms with Crippen LogP contribution < -0.4 is 0 Å². The molecule has 0 heterocycles. The van der Waals surface area contributed by atoms with Crippen molar-refractivity contribution in [3.8, 4) is 0 Å². The third-order valence-corrected chi connectivity index (χ3v) is 7.93. The summed E-state index contributed by atoms with van der Waals surface area (Å²) in [6, 6.07) is 26.2. The lowest BCUT2D eigenvalue weighted by molar-refractivity contribution is -0.129. The molecule has 210 valence electrons. The van der Waals surface area contributed by atoms with Crippen LogP contribution in [0.3, 0.4) is 0 Å². The average Bonchev–Trinajstić information content (AvgIpc) is 2.97. The normalized spacial score (nSPS) is 18.3. The summed E-state index contributed by atoms with van der Waals surface area (Å²) < 4.78 is 0. The second-order valence-corrected chi connectivity index (χ2v) is 11.5. The van der Waals surface area contributed by atoms with Crippen LogP contribution in [0.15, 0.2) is 120 Å². The van der Waals surface area contributed by atoms with Crippen molar-refractivity contribution in [2.75, 3.05) is 0 Å². The number of nitrogens with zero attached hydrogens (tertiary/aromatic N) is 1. The van der Waals surface area contributed by atoms with Crippen molar-refractivity contribution >= 4 is 17.5 Å². The van der Waals surface area contributed by atoms with Crippen molar-refractivity contribution in [3.05, 3.63) is 143 Å². The lowest BCUT2D eigenvalue weighted by atomic mass is 9.66. The predicted molar refractivity (Wildman–Crippen MR) is 168 cm³/mol. The number of carbonyl (C=O) groups is 2. The highest BCUT2D eigenvalue weighted by molar-refractivity contribution is 6.36. The number of ketones is 1. The van der Waals surface area contributed by atoms with Crippen LogP contribution in [0.2, 0.25) is 0 Å². The minimum absolute atomic E-state index is 0.0472. The molecule has 1 aliphatic rings. The number of carbonyl (C=O) groups excluding carboxylic acids is 1. The lowest BCUT2D eigenvalue weighted by Gasteiger charge is -2.38. The molecule has 1 unspecified atom stereocenters. The number of carboxylic acid groups (broad SMARTS) is 1. The molecule has 0 amide bonds. The van der Waals surface area contributed by atoms with E-state index in [4.69, 9.17) is 0 Å². The quantitative estimate of drug-likeness (QED) is 0.158. The lowest BCUT2D eigenvalue weighted by Crippen LogP contribution is -2.38. The van der Waals surface area contributed by atoms with Crippen LogP contribution in [0, 0.1) is 0 Å². The van der Waals surface area contributed by atoms with E-state index in [0.717, 1.165) is 11.1 Å². The SMILES string of the molecule is C=CCC(=NC1(C)C=CC(c2ccc(C(C)C)cc2)(c2ccc(C(C)C)cc2)C=C1C(=O)c1ccccc1)C(=O)O. The molecule has 0 saturated carbocycles. The van der Waals surface area contributed by atoms with Crippen molar-refractivity contribution in [1.82, 2.24) is 0 Å². The molecule has 0 radical (unpaired) electrons. The number of benzene rings is 3. The van der Waals surface area contributed by atoms with E-state index in [9.17, 15) is 14.7 Å². The molecule has 4 heteroatoms. The predicted octanol–water partition coefficient (Wildman–Crippen LogP) is 8.46. The largest absolute Gasteiger partial charge is 0.477 e. The Hall–Kier alpha value is -4.31. The van der Waals surface area contributed by atoms with E-state index < -0.39 is 16.9 Å². The third-order valence-electron chi connectivity index (χ3n) is 7.93. The maximum absolute atomic E-state index is 14.2. The molecule has 0 aliphatic heterocycles. The van der Waals surface area contributed by atoms with E-state index in [1.54, 1.807) is 19.1 Å². The monoisotopic (exact) mass is 545 g/mol. The van der Waals surface area contributed by atoms with E-state index in [1.165, 1.54) is 17.2 Å². The van der Waals surface area contributed by atoms with Gasteiger partial charge in [0.05, 0.1) is 5.41 Å². The molecule has 0 aromatic heterocycles. The Morgan fingerprint density at radius 2 is 1.34 bits per heavy atom. The van der Waals surface area contributed by atoms with E-state index in [1.807, 2.05) is 30.4 Å². The maximum Gasteiger partial charge on any atom is 0.350 e. The molecular weight excluding hydrogens is 506 g/mol. The van der Waals surface area contributed by atoms with E-state index in [0.29, 0.717) is 23.0 Å². The number of aliphatic imine (C=N–C) groups is 1. The van der Waals surface area contributed by atoms with E-state index in [-0.39, 0.29) is 17.9 Å². The van der Waals surface area contributed by atoms with Gasteiger partial charge in [0.1, 0.15) is 11.3 Å². The van der Waals surface area contributed by atoms with Gasteiger partial charge >= 0.3 is 5.97 Å². The zero-order valence-electron chi connectivity index (χ0n) is 24.6. The van der Waals surface area contributed by atoms with Gasteiger partial charge in [-0.1, -0.05) is 131 Å². The first-order valence-corrected chi connectivity index (χ1v) is 14.2. The highest BCUT2D eigenvalue weighted by Crippen LogP contribution is 2.44. The smallest absolute Gasteiger partial charge is 0.350 e. The molecule has 3 aromatic carbocycles. The first-order chi connectivity index (χ1) is 19.5. The van der Waals surface area contributed by atoms with E-state index in [2.05, 4.69) is 93.9 Å². The summed E-state index contributed by atoms with van der Waals surface area (Å²) in [7, 11) is 0. The maximum atomic E-state index is 14.2. The fraction of sp³-hybridized carbons (Fsp3) is 0.270. The standard InChI is InChI=1S/C37H39NO3/c1-7-11-33(35(40)41)38-36(6)22-23-37(30-18-14-27(15-19-30)25(2)3,31-20-16-28(17-21-31)26(4)5)24-32(36)34(39)29-12-9-8-10-13-29/h7-10,12-26H,1,11H2,2-6H3,(H,40,41). The van der Waals surface area contributed by atoms with Gasteiger partial charge in [0, 0.05) is 17.6 Å². The second-order valence-electron chi connectivity index (χ2n) is 11.5. The van der Waals surface area contributed by atoms with Crippen LogP contribution in [-0.2, 0) is 10.2 Å². The van der Waals surface area contributed by atoms with Gasteiger partial charge in [0.15, 0.2) is 5.78 Å². The summed E-state index contributed by atoms with van der Waals surface area (Å²) in [5.74, 6) is -0.548. The van der Waals surface area contributed by atoms with Crippen molar-refractivity contribution < 1.29 is 14.7 Å². The molecule has 1 aliphatic carbocycles. The van der Waals surface area contributed by atoms with Crippen molar-refractivity contribution in [2.45, 2.75) is 63.8 Å². The summed E-state index contributed by atoms with van der Waals surface area (Å²) in [6.07, 6.45) is 7.56. The Balaban J connectivity index is 2.02. The fourth-order valence-electron chi connectivity index (χ4n) is 5.35. The van der Waals surface area contributed by atoms with E-state index >= 15 is 0 Å². The van der Waals surface area contributed by atoms with Crippen molar-refractivity contribution in [2.24, 2.45) is 4.99 Å². The summed E-state index contributed by atoms with van der Waals surface area (Å²) in [6.45, 7) is 14.2. The molecule has 41 heavy (non-hydrogen) atoms. The molecule has 1 N–H and O–H groups in total. The first-order valence-electron chi connectivity index (χ1n) is 14.2.